The van der Waals surface area contributed by atoms with Gasteiger partial charge in [0.25, 0.3) is 5.65 Å². The van der Waals surface area contributed by atoms with Gasteiger partial charge in [0, 0.05) is 7.11 Å². The van der Waals surface area contributed by atoms with Crippen molar-refractivity contribution in [1.29, 1.82) is 0 Å². The molecule has 0 spiro atoms. The van der Waals surface area contributed by atoms with Gasteiger partial charge in [0.1, 0.15) is 5.52 Å². The molecule has 0 saturated heterocycles. The number of rotatable bonds is 5. The molecule has 0 unspecified atom stereocenters. The van der Waals surface area contributed by atoms with Crippen LogP contribution in [0.3, 0.4) is 0 Å². The molecule has 3 aromatic heterocycles. The van der Waals surface area contributed by atoms with E-state index in [1.807, 2.05) is 55.5 Å². The number of aromatic amines is 1. The van der Waals surface area contributed by atoms with Crippen molar-refractivity contribution in [2.75, 3.05) is 13.7 Å². The molecule has 8 nitrogen and oxygen atoms in total. The Hall–Kier alpha value is -3.91. The Morgan fingerprint density at radius 3 is 2.58 bits per heavy atom. The van der Waals surface area contributed by atoms with E-state index in [9.17, 15) is 4.79 Å². The van der Waals surface area contributed by atoms with Crippen LogP contribution < -0.4 is 10.5 Å². The average molecular weight is 413 g/mol. The highest BCUT2D eigenvalue weighted by Crippen LogP contribution is 2.23. The quantitative estimate of drug-likeness (QED) is 0.414. The molecular formula is C23H21N6O2+. The first kappa shape index (κ1) is 19.1. The van der Waals surface area contributed by atoms with E-state index >= 15 is 0 Å². The van der Waals surface area contributed by atoms with Crippen LogP contribution in [-0.4, -0.2) is 39.1 Å². The first-order valence-electron chi connectivity index (χ1n) is 9.97. The number of benzene rings is 2. The third-order valence-corrected chi connectivity index (χ3v) is 5.21. The molecule has 5 rings (SSSR count). The van der Waals surface area contributed by atoms with Crippen LogP contribution in [0.2, 0.25) is 0 Å². The number of aromatic nitrogens is 5. The summed E-state index contributed by atoms with van der Waals surface area (Å²) in [7, 11) is 1.61. The SMILES string of the molecule is COCCn1c[nH+]c2c(c1=O)c1nc3ccccc3nc1n2N=Cc1ccc(C)cc1. The number of nitrogens with zero attached hydrogens (tertiary/aromatic N) is 5. The number of fused-ring (bicyclic) bond motifs is 4. The smallest absolute Gasteiger partial charge is 0.322 e. The minimum absolute atomic E-state index is 0.162. The van der Waals surface area contributed by atoms with Crippen molar-refractivity contribution >= 4 is 39.4 Å². The number of hydrogen-bond donors (Lipinski definition) is 0. The summed E-state index contributed by atoms with van der Waals surface area (Å²) in [6.45, 7) is 2.90. The molecule has 0 saturated carbocycles. The normalized spacial score (nSPS) is 11.9. The maximum absolute atomic E-state index is 13.3. The van der Waals surface area contributed by atoms with Crippen LogP contribution in [0, 0.1) is 6.92 Å². The van der Waals surface area contributed by atoms with E-state index in [1.165, 1.54) is 5.56 Å². The monoisotopic (exact) mass is 413 g/mol. The predicted molar refractivity (Wildman–Crippen MR) is 119 cm³/mol. The summed E-state index contributed by atoms with van der Waals surface area (Å²) in [6, 6.07) is 15.6. The molecule has 0 aliphatic heterocycles. The summed E-state index contributed by atoms with van der Waals surface area (Å²) in [5.74, 6) is 0. The van der Waals surface area contributed by atoms with Gasteiger partial charge < -0.3 is 4.74 Å². The molecular weight excluding hydrogens is 392 g/mol. The first-order valence-corrected chi connectivity index (χ1v) is 9.97. The minimum atomic E-state index is -0.162. The summed E-state index contributed by atoms with van der Waals surface area (Å²) >= 11 is 0. The van der Waals surface area contributed by atoms with Crippen LogP contribution in [0.25, 0.3) is 33.2 Å². The zero-order valence-corrected chi connectivity index (χ0v) is 17.2. The zero-order valence-electron chi connectivity index (χ0n) is 17.2. The molecule has 154 valence electrons. The molecule has 0 aliphatic carbocycles. The van der Waals surface area contributed by atoms with E-state index < -0.39 is 0 Å². The maximum atomic E-state index is 13.3. The molecule has 0 atom stereocenters. The molecule has 0 bridgehead atoms. The van der Waals surface area contributed by atoms with Gasteiger partial charge in [0.05, 0.1) is 30.4 Å². The largest absolute Gasteiger partial charge is 0.381 e. The molecule has 0 amide bonds. The van der Waals surface area contributed by atoms with Crippen molar-refractivity contribution in [3.8, 4) is 0 Å². The third kappa shape index (κ3) is 3.36. The fourth-order valence-electron chi connectivity index (χ4n) is 3.55. The van der Waals surface area contributed by atoms with E-state index in [2.05, 4.69) is 10.1 Å². The summed E-state index contributed by atoms with van der Waals surface area (Å²) in [5.41, 5.74) is 5.02. The van der Waals surface area contributed by atoms with E-state index in [-0.39, 0.29) is 5.56 Å². The Morgan fingerprint density at radius 1 is 1.10 bits per heavy atom. The highest BCUT2D eigenvalue weighted by molar-refractivity contribution is 6.03. The van der Waals surface area contributed by atoms with Crippen molar-refractivity contribution in [3.05, 3.63) is 76.3 Å². The van der Waals surface area contributed by atoms with E-state index in [0.717, 1.165) is 16.6 Å². The molecule has 2 aromatic carbocycles. The van der Waals surface area contributed by atoms with Crippen LogP contribution in [0.15, 0.2) is 64.8 Å². The number of nitrogens with one attached hydrogen (secondary N) is 1. The number of methoxy groups -OCH3 is 1. The van der Waals surface area contributed by atoms with Gasteiger partial charge in [-0.05, 0) is 24.6 Å². The average Bonchev–Trinajstić information content (AvgIpc) is 3.10. The standard InChI is InChI=1S/C23H20N6O2/c1-15-7-9-16(10-8-15)13-25-29-21-19(23(30)28(14-24-21)11-12-31-2)20-22(29)27-18-6-4-3-5-17(18)26-20/h3-10,13-14H,11-12H2,1-2H3/p+1. The van der Waals surface area contributed by atoms with Gasteiger partial charge in [0.2, 0.25) is 5.65 Å². The van der Waals surface area contributed by atoms with E-state index in [1.54, 1.807) is 28.9 Å². The second kappa shape index (κ2) is 7.73. The summed E-state index contributed by atoms with van der Waals surface area (Å²) in [5, 5.41) is 5.10. The number of hydrogen-bond acceptors (Lipinski definition) is 5. The molecule has 0 aliphatic rings. The van der Waals surface area contributed by atoms with Crippen LogP contribution in [0.5, 0.6) is 0 Å². The molecule has 5 aromatic rings. The topological polar surface area (TPSA) is 88.4 Å². The Morgan fingerprint density at radius 2 is 1.84 bits per heavy atom. The van der Waals surface area contributed by atoms with Crippen LogP contribution in [-0.2, 0) is 11.3 Å². The fourth-order valence-corrected chi connectivity index (χ4v) is 3.55. The molecule has 0 radical (unpaired) electrons. The van der Waals surface area contributed by atoms with Gasteiger partial charge in [-0.1, -0.05) is 42.0 Å². The number of ether oxygens (including phenoxy) is 1. The van der Waals surface area contributed by atoms with Crippen molar-refractivity contribution in [1.82, 2.24) is 19.2 Å². The Balaban J connectivity index is 1.79. The minimum Gasteiger partial charge on any atom is -0.381 e. The van der Waals surface area contributed by atoms with Gasteiger partial charge in [-0.15, -0.1) is 9.78 Å². The Labute approximate surface area is 177 Å². The second-order valence-corrected chi connectivity index (χ2v) is 7.34. The lowest BCUT2D eigenvalue weighted by molar-refractivity contribution is -0.357. The maximum Gasteiger partial charge on any atom is 0.322 e. The second-order valence-electron chi connectivity index (χ2n) is 7.34. The van der Waals surface area contributed by atoms with Crippen molar-refractivity contribution in [2.24, 2.45) is 5.10 Å². The van der Waals surface area contributed by atoms with Gasteiger partial charge in [-0.25, -0.2) is 24.3 Å². The van der Waals surface area contributed by atoms with E-state index in [0.29, 0.717) is 35.3 Å². The van der Waals surface area contributed by atoms with Crippen molar-refractivity contribution in [3.63, 3.8) is 0 Å². The molecule has 1 N–H and O–H groups in total. The third-order valence-electron chi connectivity index (χ3n) is 5.21. The molecule has 8 heteroatoms. The predicted octanol–water partition coefficient (Wildman–Crippen LogP) is 2.55. The molecule has 31 heavy (non-hydrogen) atoms. The molecule has 0 fully saturated rings. The zero-order chi connectivity index (χ0) is 21.4. The van der Waals surface area contributed by atoms with E-state index in [4.69, 9.17) is 14.7 Å². The van der Waals surface area contributed by atoms with Crippen LogP contribution >= 0.6 is 0 Å². The van der Waals surface area contributed by atoms with Crippen molar-refractivity contribution in [2.45, 2.75) is 13.5 Å². The highest BCUT2D eigenvalue weighted by Gasteiger charge is 2.24. The highest BCUT2D eigenvalue weighted by atomic mass is 16.5. The fraction of sp³-hybridized carbons (Fsp3) is 0.174. The lowest BCUT2D eigenvalue weighted by atomic mass is 10.2. The summed E-state index contributed by atoms with van der Waals surface area (Å²) in [6.07, 6.45) is 3.39. The van der Waals surface area contributed by atoms with Gasteiger partial charge in [0.15, 0.2) is 11.7 Å². The van der Waals surface area contributed by atoms with Crippen molar-refractivity contribution < 1.29 is 9.72 Å². The summed E-state index contributed by atoms with van der Waals surface area (Å²) in [4.78, 5) is 26.0. The lowest BCUT2D eigenvalue weighted by Crippen LogP contribution is -2.28. The lowest BCUT2D eigenvalue weighted by Gasteiger charge is -1.99. The number of para-hydroxylation sites is 2. The summed E-state index contributed by atoms with van der Waals surface area (Å²) < 4.78 is 8.35. The van der Waals surface area contributed by atoms with Gasteiger partial charge in [-0.2, -0.15) is 0 Å². The first-order chi connectivity index (χ1) is 15.2. The molecule has 3 heterocycles. The van der Waals surface area contributed by atoms with Gasteiger partial charge >= 0.3 is 5.56 Å². The van der Waals surface area contributed by atoms with Crippen LogP contribution in [0.4, 0.5) is 0 Å². The number of aryl methyl sites for hydroxylation is 1. The number of H-pyrrole nitrogens is 1. The Bertz CT molecular complexity index is 1500. The van der Waals surface area contributed by atoms with Crippen LogP contribution in [0.1, 0.15) is 11.1 Å². The Kier molecular flexibility index (Phi) is 4.76. The van der Waals surface area contributed by atoms with Gasteiger partial charge in [-0.3, -0.25) is 0 Å².